The van der Waals surface area contributed by atoms with E-state index in [4.69, 9.17) is 14.2 Å². The minimum atomic E-state index is -0.339. The van der Waals surface area contributed by atoms with Crippen LogP contribution in [-0.2, 0) is 14.2 Å². The summed E-state index contributed by atoms with van der Waals surface area (Å²) in [4.78, 5) is 0. The molecular formula is C16H30Br2O3. The Balaban J connectivity index is 2.82. The third kappa shape index (κ3) is 5.76. The van der Waals surface area contributed by atoms with Crippen LogP contribution in [0.2, 0.25) is 0 Å². The average molecular weight is 430 g/mol. The van der Waals surface area contributed by atoms with E-state index in [1.54, 1.807) is 0 Å². The second-order valence-corrected chi connectivity index (χ2v) is 8.13. The highest BCUT2D eigenvalue weighted by atomic mass is 79.9. The van der Waals surface area contributed by atoms with Crippen LogP contribution in [0.4, 0.5) is 0 Å². The van der Waals surface area contributed by atoms with Gasteiger partial charge >= 0.3 is 0 Å². The first-order chi connectivity index (χ1) is 9.78. The zero-order valence-electron chi connectivity index (χ0n) is 14.0. The maximum Gasteiger partial charge on any atom is 0.116 e. The molecule has 1 aliphatic heterocycles. The first kappa shape index (κ1) is 19.9. The number of alkyl halides is 2. The molecule has 1 aliphatic rings. The van der Waals surface area contributed by atoms with E-state index in [9.17, 15) is 0 Å². The van der Waals surface area contributed by atoms with Crippen molar-refractivity contribution in [2.75, 3.05) is 23.9 Å². The van der Waals surface area contributed by atoms with Gasteiger partial charge in [0.15, 0.2) is 0 Å². The molecule has 4 atom stereocenters. The molecule has 0 bridgehead atoms. The number of hydrogen-bond acceptors (Lipinski definition) is 3. The summed E-state index contributed by atoms with van der Waals surface area (Å²) in [6, 6.07) is 0. The van der Waals surface area contributed by atoms with Crippen molar-refractivity contribution in [2.45, 2.75) is 70.9 Å². The Labute approximate surface area is 146 Å². The molecule has 0 amide bonds. The summed E-state index contributed by atoms with van der Waals surface area (Å²) in [6.45, 7) is 12.0. The van der Waals surface area contributed by atoms with E-state index in [-0.39, 0.29) is 23.4 Å². The number of halogens is 2. The van der Waals surface area contributed by atoms with Crippen LogP contribution in [0.3, 0.4) is 0 Å². The van der Waals surface area contributed by atoms with E-state index >= 15 is 0 Å². The molecule has 4 unspecified atom stereocenters. The predicted octanol–water partition coefficient (Wildman–Crippen LogP) is 4.55. The summed E-state index contributed by atoms with van der Waals surface area (Å²) >= 11 is 6.98. The molecule has 0 N–H and O–H groups in total. The Morgan fingerprint density at radius 1 is 1.29 bits per heavy atom. The van der Waals surface area contributed by atoms with Crippen molar-refractivity contribution in [1.82, 2.24) is 0 Å². The molecule has 3 nitrogen and oxygen atoms in total. The second-order valence-electron chi connectivity index (χ2n) is 6.84. The van der Waals surface area contributed by atoms with Crippen molar-refractivity contribution in [1.29, 1.82) is 0 Å². The van der Waals surface area contributed by atoms with Crippen LogP contribution >= 0.6 is 31.9 Å². The molecule has 0 saturated carbocycles. The fourth-order valence-corrected chi connectivity index (χ4v) is 3.84. The molecule has 126 valence electrons. The molecule has 1 saturated heterocycles. The van der Waals surface area contributed by atoms with Gasteiger partial charge in [-0.25, -0.2) is 0 Å². The summed E-state index contributed by atoms with van der Waals surface area (Å²) in [5.74, 6) is 0.591. The second kappa shape index (κ2) is 8.62. The first-order valence-electron chi connectivity index (χ1n) is 7.84. The lowest BCUT2D eigenvalue weighted by molar-refractivity contribution is -0.284. The lowest BCUT2D eigenvalue weighted by Gasteiger charge is -2.49. The van der Waals surface area contributed by atoms with Gasteiger partial charge in [-0.3, -0.25) is 0 Å². The molecule has 0 spiro atoms. The van der Waals surface area contributed by atoms with Crippen molar-refractivity contribution in [2.24, 2.45) is 5.92 Å². The van der Waals surface area contributed by atoms with E-state index in [1.807, 2.05) is 0 Å². The Morgan fingerprint density at radius 2 is 1.95 bits per heavy atom. The zero-order valence-corrected chi connectivity index (χ0v) is 17.1. The van der Waals surface area contributed by atoms with Gasteiger partial charge in [-0.1, -0.05) is 52.1 Å². The molecular weight excluding hydrogens is 400 g/mol. The van der Waals surface area contributed by atoms with E-state index < -0.39 is 0 Å². The topological polar surface area (TPSA) is 27.7 Å². The third-order valence-electron chi connectivity index (χ3n) is 4.21. The quantitative estimate of drug-likeness (QED) is 0.529. The normalized spacial score (nSPS) is 31.9. The van der Waals surface area contributed by atoms with Crippen LogP contribution in [0, 0.1) is 5.92 Å². The maximum atomic E-state index is 6.54. The standard InChI is InChI=1S/C16H30Br2O3/c1-6-12(2)7-16(10-19-13(3)8-17)11-20-14(9-18)15(4,5)21-16/h12-14H,6-11H2,1-5H3. The van der Waals surface area contributed by atoms with Crippen molar-refractivity contribution >= 4 is 31.9 Å². The fourth-order valence-electron chi connectivity index (χ4n) is 2.69. The van der Waals surface area contributed by atoms with E-state index in [0.717, 1.165) is 23.5 Å². The molecule has 1 fully saturated rings. The highest BCUT2D eigenvalue weighted by molar-refractivity contribution is 9.09. The van der Waals surface area contributed by atoms with Gasteiger partial charge in [0.25, 0.3) is 0 Å². The molecule has 0 aromatic carbocycles. The molecule has 21 heavy (non-hydrogen) atoms. The van der Waals surface area contributed by atoms with Gasteiger partial charge in [0.2, 0.25) is 0 Å². The van der Waals surface area contributed by atoms with Crippen molar-refractivity contribution < 1.29 is 14.2 Å². The Hall–Kier alpha value is 0.840. The first-order valence-corrected chi connectivity index (χ1v) is 10.1. The van der Waals surface area contributed by atoms with Gasteiger partial charge in [-0.2, -0.15) is 0 Å². The fraction of sp³-hybridized carbons (Fsp3) is 1.00. The number of rotatable bonds is 8. The zero-order chi connectivity index (χ0) is 16.1. The van der Waals surface area contributed by atoms with Gasteiger partial charge in [0.05, 0.1) is 31.0 Å². The molecule has 0 aromatic heterocycles. The molecule has 1 heterocycles. The summed E-state index contributed by atoms with van der Waals surface area (Å²) in [7, 11) is 0. The summed E-state index contributed by atoms with van der Waals surface area (Å²) < 4.78 is 18.6. The Bertz CT molecular complexity index is 312. The van der Waals surface area contributed by atoms with Gasteiger partial charge in [-0.05, 0) is 33.1 Å². The predicted molar refractivity (Wildman–Crippen MR) is 94.7 cm³/mol. The monoisotopic (exact) mass is 428 g/mol. The average Bonchev–Trinajstić information content (AvgIpc) is 2.43. The molecule has 1 rings (SSSR count). The van der Waals surface area contributed by atoms with Crippen molar-refractivity contribution in [3.05, 3.63) is 0 Å². The minimum absolute atomic E-state index is 0.0798. The van der Waals surface area contributed by atoms with Crippen molar-refractivity contribution in [3.8, 4) is 0 Å². The van der Waals surface area contributed by atoms with Gasteiger partial charge in [0, 0.05) is 10.7 Å². The lowest BCUT2D eigenvalue weighted by atomic mass is 9.87. The highest BCUT2D eigenvalue weighted by Gasteiger charge is 2.47. The van der Waals surface area contributed by atoms with Crippen LogP contribution in [0.25, 0.3) is 0 Å². The molecule has 5 heteroatoms. The van der Waals surface area contributed by atoms with Crippen LogP contribution in [0.1, 0.15) is 47.5 Å². The van der Waals surface area contributed by atoms with Crippen LogP contribution in [-0.4, -0.2) is 47.3 Å². The van der Waals surface area contributed by atoms with E-state index in [0.29, 0.717) is 19.1 Å². The summed E-state index contributed by atoms with van der Waals surface area (Å²) in [5, 5.41) is 1.62. The lowest BCUT2D eigenvalue weighted by Crippen LogP contribution is -2.60. The van der Waals surface area contributed by atoms with Crippen LogP contribution in [0.5, 0.6) is 0 Å². The van der Waals surface area contributed by atoms with Crippen molar-refractivity contribution in [3.63, 3.8) is 0 Å². The minimum Gasteiger partial charge on any atom is -0.375 e. The molecule has 0 aromatic rings. The Kier molecular flexibility index (Phi) is 8.17. The summed E-state index contributed by atoms with van der Waals surface area (Å²) in [6.07, 6.45) is 2.37. The van der Waals surface area contributed by atoms with Crippen LogP contribution < -0.4 is 0 Å². The third-order valence-corrected chi connectivity index (χ3v) is 5.71. The highest BCUT2D eigenvalue weighted by Crippen LogP contribution is 2.37. The largest absolute Gasteiger partial charge is 0.375 e. The molecule has 0 aliphatic carbocycles. The van der Waals surface area contributed by atoms with E-state index in [1.165, 1.54) is 0 Å². The molecule has 0 radical (unpaired) electrons. The van der Waals surface area contributed by atoms with Gasteiger partial charge < -0.3 is 14.2 Å². The number of ether oxygens (including phenoxy) is 3. The Morgan fingerprint density at radius 3 is 2.43 bits per heavy atom. The van der Waals surface area contributed by atoms with E-state index in [2.05, 4.69) is 66.5 Å². The van der Waals surface area contributed by atoms with Gasteiger partial charge in [-0.15, -0.1) is 0 Å². The van der Waals surface area contributed by atoms with Crippen LogP contribution in [0.15, 0.2) is 0 Å². The van der Waals surface area contributed by atoms with Gasteiger partial charge in [0.1, 0.15) is 5.60 Å². The maximum absolute atomic E-state index is 6.54. The summed E-state index contributed by atoms with van der Waals surface area (Å²) in [5.41, 5.74) is -0.649. The smallest absolute Gasteiger partial charge is 0.116 e. The number of hydrogen-bond donors (Lipinski definition) is 0. The SMILES string of the molecule is CCC(C)CC1(COC(C)CBr)COC(CBr)C(C)(C)O1.